The van der Waals surface area contributed by atoms with Gasteiger partial charge in [-0.2, -0.15) is 0 Å². The van der Waals surface area contributed by atoms with Crippen molar-refractivity contribution in [3.05, 3.63) is 36.5 Å². The van der Waals surface area contributed by atoms with E-state index in [9.17, 15) is 5.11 Å². The van der Waals surface area contributed by atoms with Gasteiger partial charge in [0.25, 0.3) is 0 Å². The molecule has 0 aliphatic rings. The third-order valence-corrected chi connectivity index (χ3v) is 3.13. The van der Waals surface area contributed by atoms with E-state index in [1.54, 1.807) is 6.20 Å². The second-order valence-electron chi connectivity index (χ2n) is 5.64. The van der Waals surface area contributed by atoms with Gasteiger partial charge in [0, 0.05) is 17.6 Å². The van der Waals surface area contributed by atoms with Crippen molar-refractivity contribution in [2.24, 2.45) is 0 Å². The molecule has 2 aromatic rings. The lowest BCUT2D eigenvalue weighted by Gasteiger charge is -2.31. The minimum atomic E-state index is -0.467. The Morgan fingerprint density at radius 1 is 1.30 bits per heavy atom. The maximum atomic E-state index is 9.57. The summed E-state index contributed by atoms with van der Waals surface area (Å²) >= 11 is 0. The van der Waals surface area contributed by atoms with Gasteiger partial charge in [-0.15, -0.1) is 0 Å². The van der Waals surface area contributed by atoms with Gasteiger partial charge >= 0.3 is 0 Å². The van der Waals surface area contributed by atoms with Crippen molar-refractivity contribution in [2.45, 2.75) is 32.4 Å². The predicted molar refractivity (Wildman–Crippen MR) is 81.0 cm³/mol. The first-order valence-electron chi connectivity index (χ1n) is 6.89. The molecule has 1 aromatic heterocycles. The van der Waals surface area contributed by atoms with Gasteiger partial charge in [0.15, 0.2) is 0 Å². The van der Waals surface area contributed by atoms with Crippen molar-refractivity contribution < 1.29 is 9.84 Å². The van der Waals surface area contributed by atoms with Crippen molar-refractivity contribution in [3.63, 3.8) is 0 Å². The lowest BCUT2D eigenvalue weighted by Crippen LogP contribution is -2.53. The van der Waals surface area contributed by atoms with E-state index in [4.69, 9.17) is 4.74 Å². The maximum absolute atomic E-state index is 9.57. The molecule has 4 heteroatoms. The zero-order valence-electron chi connectivity index (χ0n) is 12.3. The monoisotopic (exact) mass is 274 g/mol. The largest absolute Gasteiger partial charge is 0.489 e. The number of nitrogens with zero attached hydrogens (tertiary/aromatic N) is 1. The molecule has 0 saturated carbocycles. The SMILES string of the molecule is CC(C)NC(C)(CO)COc1cccc2cccnc12. The molecule has 1 heterocycles. The van der Waals surface area contributed by atoms with Crippen LogP contribution in [0.2, 0.25) is 0 Å². The van der Waals surface area contributed by atoms with Gasteiger partial charge in [0.05, 0.1) is 12.1 Å². The van der Waals surface area contributed by atoms with Crippen molar-refractivity contribution in [2.75, 3.05) is 13.2 Å². The molecule has 0 saturated heterocycles. The maximum Gasteiger partial charge on any atom is 0.145 e. The van der Waals surface area contributed by atoms with E-state index in [2.05, 4.69) is 10.3 Å². The van der Waals surface area contributed by atoms with E-state index in [1.165, 1.54) is 0 Å². The Labute approximate surface area is 119 Å². The first kappa shape index (κ1) is 14.8. The first-order valence-corrected chi connectivity index (χ1v) is 6.89. The molecule has 4 nitrogen and oxygen atoms in total. The molecule has 0 bridgehead atoms. The summed E-state index contributed by atoms with van der Waals surface area (Å²) in [6.45, 7) is 6.45. The zero-order chi connectivity index (χ0) is 14.6. The summed E-state index contributed by atoms with van der Waals surface area (Å²) in [5.74, 6) is 0.744. The van der Waals surface area contributed by atoms with Crippen LogP contribution >= 0.6 is 0 Å². The fourth-order valence-corrected chi connectivity index (χ4v) is 2.26. The summed E-state index contributed by atoms with van der Waals surface area (Å²) in [4.78, 5) is 4.36. The van der Waals surface area contributed by atoms with Gasteiger partial charge < -0.3 is 15.2 Å². The van der Waals surface area contributed by atoms with E-state index in [0.717, 1.165) is 16.7 Å². The molecule has 0 radical (unpaired) electrons. The van der Waals surface area contributed by atoms with Gasteiger partial charge in [-0.05, 0) is 19.1 Å². The van der Waals surface area contributed by atoms with Gasteiger partial charge in [-0.25, -0.2) is 0 Å². The molecule has 1 atom stereocenters. The smallest absolute Gasteiger partial charge is 0.145 e. The standard InChI is InChI=1S/C16H22N2O2/c1-12(2)18-16(3,10-19)11-20-14-8-4-6-13-7-5-9-17-15(13)14/h4-9,12,18-19H,10-11H2,1-3H3. The molecular weight excluding hydrogens is 252 g/mol. The van der Waals surface area contributed by atoms with E-state index >= 15 is 0 Å². The van der Waals surface area contributed by atoms with Crippen LogP contribution < -0.4 is 10.1 Å². The van der Waals surface area contributed by atoms with E-state index < -0.39 is 5.54 Å². The quantitative estimate of drug-likeness (QED) is 0.849. The number of aromatic nitrogens is 1. The average molecular weight is 274 g/mol. The van der Waals surface area contributed by atoms with Crippen molar-refractivity contribution in [1.29, 1.82) is 0 Å². The van der Waals surface area contributed by atoms with Crippen LogP contribution in [0.5, 0.6) is 5.75 Å². The molecule has 2 N–H and O–H groups in total. The van der Waals surface area contributed by atoms with Crippen molar-refractivity contribution in [1.82, 2.24) is 10.3 Å². The predicted octanol–water partition coefficient (Wildman–Crippen LogP) is 2.36. The summed E-state index contributed by atoms with van der Waals surface area (Å²) in [6, 6.07) is 10.1. The minimum Gasteiger partial charge on any atom is -0.489 e. The Balaban J connectivity index is 2.16. The van der Waals surface area contributed by atoms with E-state index in [-0.39, 0.29) is 12.6 Å². The fraction of sp³-hybridized carbons (Fsp3) is 0.438. The number of rotatable bonds is 6. The number of aliphatic hydroxyl groups excluding tert-OH is 1. The van der Waals surface area contributed by atoms with Crippen LogP contribution in [-0.4, -0.2) is 34.9 Å². The van der Waals surface area contributed by atoms with Gasteiger partial charge in [-0.3, -0.25) is 4.98 Å². The number of nitrogens with one attached hydrogen (secondary N) is 1. The highest BCUT2D eigenvalue weighted by Crippen LogP contribution is 2.23. The average Bonchev–Trinajstić information content (AvgIpc) is 2.44. The molecular formula is C16H22N2O2. The topological polar surface area (TPSA) is 54.4 Å². The van der Waals surface area contributed by atoms with Crippen LogP contribution in [0, 0.1) is 0 Å². The summed E-state index contributed by atoms with van der Waals surface area (Å²) in [6.07, 6.45) is 1.76. The molecule has 20 heavy (non-hydrogen) atoms. The summed E-state index contributed by atoms with van der Waals surface area (Å²) in [5.41, 5.74) is 0.380. The number of fused-ring (bicyclic) bond motifs is 1. The fourth-order valence-electron chi connectivity index (χ4n) is 2.26. The van der Waals surface area contributed by atoms with Crippen LogP contribution in [0.15, 0.2) is 36.5 Å². The van der Waals surface area contributed by atoms with E-state index in [1.807, 2.05) is 51.1 Å². The van der Waals surface area contributed by atoms with Crippen molar-refractivity contribution >= 4 is 10.9 Å². The number of para-hydroxylation sites is 1. The second-order valence-corrected chi connectivity index (χ2v) is 5.64. The molecule has 1 aromatic carbocycles. The molecule has 0 fully saturated rings. The molecule has 2 rings (SSSR count). The third-order valence-electron chi connectivity index (χ3n) is 3.13. The van der Waals surface area contributed by atoms with Crippen molar-refractivity contribution in [3.8, 4) is 5.75 Å². The second kappa shape index (κ2) is 6.20. The highest BCUT2D eigenvalue weighted by molar-refractivity contribution is 5.84. The number of ether oxygens (including phenoxy) is 1. The Morgan fingerprint density at radius 3 is 2.75 bits per heavy atom. The highest BCUT2D eigenvalue weighted by Gasteiger charge is 2.25. The molecule has 0 amide bonds. The van der Waals surface area contributed by atoms with Gasteiger partial charge in [0.2, 0.25) is 0 Å². The van der Waals surface area contributed by atoms with Crippen LogP contribution in [-0.2, 0) is 0 Å². The van der Waals surface area contributed by atoms with E-state index in [0.29, 0.717) is 6.61 Å². The zero-order valence-corrected chi connectivity index (χ0v) is 12.3. The highest BCUT2D eigenvalue weighted by atomic mass is 16.5. The lowest BCUT2D eigenvalue weighted by atomic mass is 10.0. The Bertz CT molecular complexity index is 566. The number of pyridine rings is 1. The van der Waals surface area contributed by atoms with Gasteiger partial charge in [0.1, 0.15) is 17.9 Å². The Morgan fingerprint density at radius 2 is 2.05 bits per heavy atom. The number of benzene rings is 1. The van der Waals surface area contributed by atoms with Gasteiger partial charge in [-0.1, -0.05) is 32.0 Å². The summed E-state index contributed by atoms with van der Waals surface area (Å²) < 4.78 is 5.89. The normalized spacial score (nSPS) is 14.4. The molecule has 1 unspecified atom stereocenters. The Hall–Kier alpha value is -1.65. The number of hydrogen-bond donors (Lipinski definition) is 2. The van der Waals surface area contributed by atoms with Crippen LogP contribution in [0.1, 0.15) is 20.8 Å². The third kappa shape index (κ3) is 3.46. The number of aliphatic hydroxyl groups is 1. The summed E-state index contributed by atoms with van der Waals surface area (Å²) in [7, 11) is 0. The molecule has 0 aliphatic carbocycles. The molecule has 108 valence electrons. The van der Waals surface area contributed by atoms with Crippen LogP contribution in [0.25, 0.3) is 10.9 Å². The minimum absolute atomic E-state index is 0.0172. The molecule has 0 spiro atoms. The van der Waals surface area contributed by atoms with Crippen LogP contribution in [0.3, 0.4) is 0 Å². The Kier molecular flexibility index (Phi) is 4.57. The van der Waals surface area contributed by atoms with Crippen LogP contribution in [0.4, 0.5) is 0 Å². The number of hydrogen-bond acceptors (Lipinski definition) is 4. The lowest BCUT2D eigenvalue weighted by molar-refractivity contribution is 0.109. The molecule has 0 aliphatic heterocycles. The first-order chi connectivity index (χ1) is 9.54. The summed E-state index contributed by atoms with van der Waals surface area (Å²) in [5, 5.41) is 13.9.